The number of amides is 4. The molecule has 0 aromatic carbocycles. The van der Waals surface area contributed by atoms with Gasteiger partial charge in [0.25, 0.3) is 11.5 Å². The third-order valence-corrected chi connectivity index (χ3v) is 10.9. The van der Waals surface area contributed by atoms with E-state index in [4.69, 9.17) is 21.6 Å². The first-order chi connectivity index (χ1) is 20.1. The van der Waals surface area contributed by atoms with E-state index in [9.17, 15) is 29.1 Å². The van der Waals surface area contributed by atoms with Gasteiger partial charge in [0.05, 0.1) is 0 Å². The third kappa shape index (κ3) is 6.01. The standard InChI is InChI=1S/C28H45N7O7Si/c1-5-6-11-32-22(37)20(21(30)31)23(38)35(26(32)41)18-7-9-27(10-8-18)15-28(16-27)24(39)33(17-42-12-13-43(2,3)4)25(40)34(28)14-19(29)36/h18,37H,5-17H2,1-4H3,(H2,29,36)(H3,30,31). The predicted molar refractivity (Wildman–Crippen MR) is 162 cm³/mol. The summed E-state index contributed by atoms with van der Waals surface area (Å²) in [4.78, 5) is 67.8. The number of unbranched alkanes of at least 4 members (excludes halogenated alkanes) is 1. The number of aromatic nitrogens is 2. The van der Waals surface area contributed by atoms with Crippen LogP contribution in [0.2, 0.25) is 25.7 Å². The van der Waals surface area contributed by atoms with Crippen molar-refractivity contribution in [2.45, 2.75) is 102 Å². The molecule has 2 spiro atoms. The second kappa shape index (κ2) is 11.9. The van der Waals surface area contributed by atoms with Crippen LogP contribution in [0.5, 0.6) is 5.88 Å². The highest BCUT2D eigenvalue weighted by Gasteiger charge is 2.68. The van der Waals surface area contributed by atoms with Crippen molar-refractivity contribution in [2.75, 3.05) is 19.9 Å². The maximum absolute atomic E-state index is 13.7. The number of nitrogen functional groups attached to an aromatic ring is 1. The van der Waals surface area contributed by atoms with Crippen LogP contribution in [0.25, 0.3) is 0 Å². The van der Waals surface area contributed by atoms with Crippen LogP contribution < -0.4 is 22.7 Å². The topological polar surface area (TPSA) is 207 Å². The molecule has 2 saturated carbocycles. The molecule has 4 amide bonds. The van der Waals surface area contributed by atoms with Crippen molar-refractivity contribution in [3.63, 3.8) is 0 Å². The highest BCUT2D eigenvalue weighted by molar-refractivity contribution is 6.76. The summed E-state index contributed by atoms with van der Waals surface area (Å²) in [6.45, 7) is 8.62. The van der Waals surface area contributed by atoms with Crippen molar-refractivity contribution in [3.05, 3.63) is 26.4 Å². The van der Waals surface area contributed by atoms with Gasteiger partial charge in [0, 0.05) is 27.3 Å². The van der Waals surface area contributed by atoms with Gasteiger partial charge in [-0.3, -0.25) is 28.9 Å². The zero-order valence-electron chi connectivity index (χ0n) is 25.6. The number of primary amides is 1. The van der Waals surface area contributed by atoms with E-state index in [0.29, 0.717) is 51.6 Å². The van der Waals surface area contributed by atoms with E-state index >= 15 is 0 Å². The average molecular weight is 620 g/mol. The maximum Gasteiger partial charge on any atom is 0.334 e. The van der Waals surface area contributed by atoms with Crippen LogP contribution in [0.15, 0.2) is 9.59 Å². The molecule has 2 aliphatic carbocycles. The van der Waals surface area contributed by atoms with Gasteiger partial charge in [0.1, 0.15) is 30.2 Å². The summed E-state index contributed by atoms with van der Waals surface area (Å²) in [6, 6.07) is -0.182. The predicted octanol–water partition coefficient (Wildman–Crippen LogP) is 1.50. The van der Waals surface area contributed by atoms with Crippen LogP contribution in [0, 0.1) is 10.8 Å². The largest absolute Gasteiger partial charge is 0.494 e. The van der Waals surface area contributed by atoms with Gasteiger partial charge in [-0.15, -0.1) is 0 Å². The van der Waals surface area contributed by atoms with Crippen molar-refractivity contribution in [3.8, 4) is 5.88 Å². The molecule has 0 unspecified atom stereocenters. The number of carbonyl (C=O) groups excluding carboxylic acids is 3. The van der Waals surface area contributed by atoms with E-state index in [1.807, 2.05) is 6.92 Å². The van der Waals surface area contributed by atoms with Crippen molar-refractivity contribution in [1.82, 2.24) is 18.9 Å². The van der Waals surface area contributed by atoms with Crippen LogP contribution in [-0.2, 0) is 20.9 Å². The number of carbonyl (C=O) groups is 3. The molecular formula is C28H45N7O7Si. The molecular weight excluding hydrogens is 574 g/mol. The summed E-state index contributed by atoms with van der Waals surface area (Å²) in [5.41, 5.74) is 7.79. The fourth-order valence-corrected chi connectivity index (χ4v) is 7.65. The second-order valence-electron chi connectivity index (χ2n) is 13.6. The zero-order valence-corrected chi connectivity index (χ0v) is 26.6. The van der Waals surface area contributed by atoms with Gasteiger partial charge in [-0.05, 0) is 56.4 Å². The lowest BCUT2D eigenvalue weighted by molar-refractivity contribution is -0.153. The fourth-order valence-electron chi connectivity index (χ4n) is 6.90. The molecule has 1 aromatic heterocycles. The summed E-state index contributed by atoms with van der Waals surface area (Å²) in [7, 11) is -1.37. The van der Waals surface area contributed by atoms with Gasteiger partial charge < -0.3 is 26.2 Å². The molecule has 0 radical (unpaired) electrons. The van der Waals surface area contributed by atoms with E-state index in [0.717, 1.165) is 26.5 Å². The number of imide groups is 1. The summed E-state index contributed by atoms with van der Waals surface area (Å²) in [5, 5.41) is 18.4. The van der Waals surface area contributed by atoms with E-state index in [1.165, 1.54) is 4.90 Å². The first kappa shape index (κ1) is 32.5. The number of amidine groups is 1. The number of nitrogens with one attached hydrogen (secondary N) is 1. The molecule has 43 heavy (non-hydrogen) atoms. The molecule has 3 fully saturated rings. The fraction of sp³-hybridized carbons (Fsp3) is 0.714. The molecule has 238 valence electrons. The number of nitrogens with zero attached hydrogens (tertiary/aromatic N) is 4. The minimum absolute atomic E-state index is 0.180. The quantitative estimate of drug-likeness (QED) is 0.0884. The number of aromatic hydroxyl groups is 1. The molecule has 4 rings (SSSR count). The number of ether oxygens (including phenoxy) is 1. The third-order valence-electron chi connectivity index (χ3n) is 9.22. The van der Waals surface area contributed by atoms with Crippen LogP contribution in [0.1, 0.15) is 69.9 Å². The van der Waals surface area contributed by atoms with E-state index in [1.54, 1.807) is 0 Å². The highest BCUT2D eigenvalue weighted by Crippen LogP contribution is 2.62. The Bertz CT molecular complexity index is 1410. The van der Waals surface area contributed by atoms with Crippen molar-refractivity contribution in [1.29, 1.82) is 5.41 Å². The van der Waals surface area contributed by atoms with Crippen molar-refractivity contribution in [2.24, 2.45) is 16.9 Å². The Labute approximate surface area is 251 Å². The molecule has 14 nitrogen and oxygen atoms in total. The summed E-state index contributed by atoms with van der Waals surface area (Å²) >= 11 is 0. The van der Waals surface area contributed by atoms with Gasteiger partial charge in [-0.25, -0.2) is 14.5 Å². The Kier molecular flexibility index (Phi) is 8.98. The summed E-state index contributed by atoms with van der Waals surface area (Å²) in [6.07, 6.45) is 4.09. The van der Waals surface area contributed by atoms with Crippen LogP contribution in [-0.4, -0.2) is 81.2 Å². The summed E-state index contributed by atoms with van der Waals surface area (Å²) < 4.78 is 7.93. The van der Waals surface area contributed by atoms with Crippen molar-refractivity contribution >= 4 is 31.8 Å². The van der Waals surface area contributed by atoms with Gasteiger partial charge >= 0.3 is 11.7 Å². The maximum atomic E-state index is 13.7. The lowest BCUT2D eigenvalue weighted by Crippen LogP contribution is -2.65. The molecule has 1 aromatic rings. The molecule has 0 bridgehead atoms. The minimum atomic E-state index is -1.37. The van der Waals surface area contributed by atoms with Crippen LogP contribution in [0.3, 0.4) is 0 Å². The molecule has 1 saturated heterocycles. The highest BCUT2D eigenvalue weighted by atomic mass is 28.3. The SMILES string of the molecule is CCCCn1c(O)c(C(=N)N)c(=O)n(C2CCC3(CC2)CC2(C3)C(=O)N(COCC[Si](C)(C)C)C(=O)N2CC(N)=O)c1=O. The summed E-state index contributed by atoms with van der Waals surface area (Å²) in [5.74, 6) is -2.30. The Hall–Kier alpha value is -3.46. The lowest BCUT2D eigenvalue weighted by atomic mass is 9.51. The zero-order chi connectivity index (χ0) is 31.9. The van der Waals surface area contributed by atoms with Gasteiger partial charge in [-0.1, -0.05) is 33.0 Å². The minimum Gasteiger partial charge on any atom is -0.494 e. The van der Waals surface area contributed by atoms with E-state index in [-0.39, 0.29) is 36.7 Å². The number of rotatable bonds is 12. The Morgan fingerprint density at radius 3 is 2.28 bits per heavy atom. The number of urea groups is 1. The second-order valence-corrected chi connectivity index (χ2v) is 19.2. The smallest absolute Gasteiger partial charge is 0.334 e. The monoisotopic (exact) mass is 619 g/mol. The van der Waals surface area contributed by atoms with E-state index < -0.39 is 54.6 Å². The number of nitrogens with two attached hydrogens (primary N) is 2. The van der Waals surface area contributed by atoms with Gasteiger partial charge in [-0.2, -0.15) is 0 Å². The molecule has 6 N–H and O–H groups in total. The Balaban J connectivity index is 1.52. The molecule has 3 aliphatic rings. The molecule has 15 heteroatoms. The normalized spacial score (nSPS) is 25.5. The van der Waals surface area contributed by atoms with Gasteiger partial charge in [0.15, 0.2) is 0 Å². The number of hydrogen-bond acceptors (Lipinski definition) is 8. The van der Waals surface area contributed by atoms with Crippen molar-refractivity contribution < 1.29 is 24.2 Å². The van der Waals surface area contributed by atoms with Crippen LogP contribution in [0.4, 0.5) is 4.79 Å². The number of hydrogen-bond donors (Lipinski definition) is 4. The molecule has 0 atom stereocenters. The first-order valence-electron chi connectivity index (χ1n) is 15.0. The van der Waals surface area contributed by atoms with E-state index in [2.05, 4.69) is 19.6 Å². The molecule has 2 heterocycles. The molecule has 1 aliphatic heterocycles. The first-order valence-corrected chi connectivity index (χ1v) is 18.7. The van der Waals surface area contributed by atoms with Gasteiger partial charge in [0.2, 0.25) is 11.8 Å². The van der Waals surface area contributed by atoms with Crippen LogP contribution >= 0.6 is 0 Å². The average Bonchev–Trinajstić information content (AvgIpc) is 3.07. The lowest BCUT2D eigenvalue weighted by Gasteiger charge is -2.58. The Morgan fingerprint density at radius 1 is 1.12 bits per heavy atom. The Morgan fingerprint density at radius 2 is 1.74 bits per heavy atom.